The molecule has 2 saturated heterocycles. The van der Waals surface area contributed by atoms with Crippen molar-refractivity contribution in [1.29, 1.82) is 0 Å². The van der Waals surface area contributed by atoms with Crippen molar-refractivity contribution in [2.45, 2.75) is 77.8 Å². The zero-order chi connectivity index (χ0) is 19.2. The Morgan fingerprint density at radius 3 is 2.56 bits per heavy atom. The number of carbonyl (C=O) groups is 1. The fourth-order valence-electron chi connectivity index (χ4n) is 4.20. The predicted octanol–water partition coefficient (Wildman–Crippen LogP) is 3.68. The highest BCUT2D eigenvalue weighted by Gasteiger charge is 2.26. The molecule has 6 heteroatoms. The number of nitrogens with zero attached hydrogens (tertiary/aromatic N) is 5. The van der Waals surface area contributed by atoms with Crippen molar-refractivity contribution < 1.29 is 4.79 Å². The maximum absolute atomic E-state index is 12.6. The van der Waals surface area contributed by atoms with Crippen LogP contribution in [-0.2, 0) is 0 Å². The monoisotopic (exact) mass is 373 g/mol. The summed E-state index contributed by atoms with van der Waals surface area (Å²) in [5.74, 6) is 0.0475. The summed E-state index contributed by atoms with van der Waals surface area (Å²) in [6.07, 6.45) is 12.2. The van der Waals surface area contributed by atoms with Gasteiger partial charge in [0.2, 0.25) is 0 Å². The van der Waals surface area contributed by atoms with Crippen LogP contribution in [0.1, 0.15) is 82.2 Å². The van der Waals surface area contributed by atoms with Gasteiger partial charge in [-0.25, -0.2) is 4.68 Å². The number of allylic oxidation sites excluding steroid dienone is 2. The topological polar surface area (TPSA) is 54.3 Å². The molecule has 0 N–H and O–H groups in total. The van der Waals surface area contributed by atoms with E-state index in [0.717, 1.165) is 58.3 Å². The lowest BCUT2D eigenvalue weighted by Gasteiger charge is -2.35. The quantitative estimate of drug-likeness (QED) is 0.714. The van der Waals surface area contributed by atoms with Gasteiger partial charge in [0.1, 0.15) is 0 Å². The van der Waals surface area contributed by atoms with Crippen LogP contribution in [0.15, 0.2) is 17.8 Å². The zero-order valence-corrected chi connectivity index (χ0v) is 17.2. The van der Waals surface area contributed by atoms with E-state index in [-0.39, 0.29) is 5.91 Å². The van der Waals surface area contributed by atoms with Gasteiger partial charge in [0.25, 0.3) is 5.91 Å². The molecule has 1 aromatic rings. The Morgan fingerprint density at radius 1 is 1.19 bits per heavy atom. The summed E-state index contributed by atoms with van der Waals surface area (Å²) in [5, 5.41) is 8.47. The van der Waals surface area contributed by atoms with Gasteiger partial charge in [-0.2, -0.15) is 0 Å². The first-order valence-electron chi connectivity index (χ1n) is 10.6. The number of aromatic nitrogens is 3. The molecular formula is C21H35N5O. The Bertz CT molecular complexity index is 635. The Hall–Kier alpha value is -1.69. The number of hydrogen-bond acceptors (Lipinski definition) is 4. The van der Waals surface area contributed by atoms with Crippen LogP contribution < -0.4 is 0 Å². The van der Waals surface area contributed by atoms with Crippen LogP contribution in [0, 0.1) is 0 Å². The molecule has 0 spiro atoms. The molecule has 1 atom stereocenters. The molecule has 1 amide bonds. The SMILES string of the molecule is CC(C)=CCC[C@@H](C)N1CCC(n2cc(C(=O)N3CCCCC3)nn2)CC1. The standard InChI is InChI=1S/C21H35N5O/c1-17(2)8-7-9-18(3)24-14-10-19(11-15-24)26-16-20(22-23-26)21(27)25-12-5-4-6-13-25/h8,16,18-19H,4-7,9-15H2,1-3H3/t18-/m1/s1. The highest BCUT2D eigenvalue weighted by molar-refractivity contribution is 5.91. The van der Waals surface area contributed by atoms with Crippen LogP contribution in [0.4, 0.5) is 0 Å². The zero-order valence-electron chi connectivity index (χ0n) is 17.2. The van der Waals surface area contributed by atoms with E-state index in [1.807, 2.05) is 15.8 Å². The van der Waals surface area contributed by atoms with E-state index >= 15 is 0 Å². The largest absolute Gasteiger partial charge is 0.337 e. The van der Waals surface area contributed by atoms with E-state index in [9.17, 15) is 4.79 Å². The number of hydrogen-bond donors (Lipinski definition) is 0. The molecule has 150 valence electrons. The smallest absolute Gasteiger partial charge is 0.276 e. The van der Waals surface area contributed by atoms with Gasteiger partial charge in [0, 0.05) is 32.2 Å². The van der Waals surface area contributed by atoms with Gasteiger partial charge < -0.3 is 9.80 Å². The van der Waals surface area contributed by atoms with Gasteiger partial charge in [-0.05, 0) is 65.7 Å². The molecule has 0 bridgehead atoms. The van der Waals surface area contributed by atoms with Crippen LogP contribution in [0.25, 0.3) is 0 Å². The summed E-state index contributed by atoms with van der Waals surface area (Å²) < 4.78 is 1.93. The fourth-order valence-corrected chi connectivity index (χ4v) is 4.20. The first kappa shape index (κ1) is 20.1. The van der Waals surface area contributed by atoms with Crippen LogP contribution >= 0.6 is 0 Å². The fraction of sp³-hybridized carbons (Fsp3) is 0.762. The molecule has 2 aliphatic heterocycles. The lowest BCUT2D eigenvalue weighted by atomic mass is 10.0. The first-order valence-corrected chi connectivity index (χ1v) is 10.6. The summed E-state index contributed by atoms with van der Waals surface area (Å²) in [6.45, 7) is 10.6. The second kappa shape index (κ2) is 9.49. The van der Waals surface area contributed by atoms with Crippen molar-refractivity contribution in [3.05, 3.63) is 23.5 Å². The molecule has 0 aromatic carbocycles. The van der Waals surface area contributed by atoms with Crippen molar-refractivity contribution in [2.75, 3.05) is 26.2 Å². The average molecular weight is 374 g/mol. The Morgan fingerprint density at radius 2 is 1.89 bits per heavy atom. The van der Waals surface area contributed by atoms with Crippen molar-refractivity contribution in [3.63, 3.8) is 0 Å². The Balaban J connectivity index is 1.49. The number of amides is 1. The summed E-state index contributed by atoms with van der Waals surface area (Å²) in [4.78, 5) is 17.1. The summed E-state index contributed by atoms with van der Waals surface area (Å²) in [7, 11) is 0. The van der Waals surface area contributed by atoms with E-state index in [1.54, 1.807) is 0 Å². The van der Waals surface area contributed by atoms with Crippen LogP contribution in [0.2, 0.25) is 0 Å². The number of carbonyl (C=O) groups excluding carboxylic acids is 1. The summed E-state index contributed by atoms with van der Waals surface area (Å²) >= 11 is 0. The average Bonchev–Trinajstić information content (AvgIpc) is 3.18. The van der Waals surface area contributed by atoms with Crippen LogP contribution in [0.5, 0.6) is 0 Å². The Kier molecular flexibility index (Phi) is 7.05. The van der Waals surface area contributed by atoms with Gasteiger partial charge in [-0.15, -0.1) is 5.10 Å². The molecule has 0 unspecified atom stereocenters. The van der Waals surface area contributed by atoms with E-state index in [4.69, 9.17) is 0 Å². The maximum atomic E-state index is 12.6. The van der Waals surface area contributed by atoms with Crippen molar-refractivity contribution in [2.24, 2.45) is 0 Å². The number of piperidine rings is 2. The summed E-state index contributed by atoms with van der Waals surface area (Å²) in [6, 6.07) is 0.982. The molecule has 3 rings (SSSR count). The second-order valence-electron chi connectivity index (χ2n) is 8.41. The first-order chi connectivity index (χ1) is 13.0. The minimum atomic E-state index is 0.0475. The van der Waals surface area contributed by atoms with Crippen LogP contribution in [-0.4, -0.2) is 62.9 Å². The van der Waals surface area contributed by atoms with E-state index in [2.05, 4.69) is 42.1 Å². The van der Waals surface area contributed by atoms with E-state index in [1.165, 1.54) is 18.4 Å². The molecule has 0 aliphatic carbocycles. The van der Waals surface area contributed by atoms with E-state index in [0.29, 0.717) is 17.8 Å². The van der Waals surface area contributed by atoms with Crippen molar-refractivity contribution in [3.8, 4) is 0 Å². The van der Waals surface area contributed by atoms with E-state index < -0.39 is 0 Å². The van der Waals surface area contributed by atoms with Gasteiger partial charge in [0.15, 0.2) is 5.69 Å². The van der Waals surface area contributed by atoms with Crippen LogP contribution in [0.3, 0.4) is 0 Å². The third-order valence-corrected chi connectivity index (χ3v) is 6.01. The molecule has 6 nitrogen and oxygen atoms in total. The van der Waals surface area contributed by atoms with Gasteiger partial charge in [-0.1, -0.05) is 16.9 Å². The Labute approximate surface area is 163 Å². The molecule has 27 heavy (non-hydrogen) atoms. The summed E-state index contributed by atoms with van der Waals surface area (Å²) in [5.41, 5.74) is 1.91. The van der Waals surface area contributed by atoms with Gasteiger partial charge in [0.05, 0.1) is 12.2 Å². The van der Waals surface area contributed by atoms with Crippen molar-refractivity contribution >= 4 is 5.91 Å². The minimum Gasteiger partial charge on any atom is -0.337 e. The molecular weight excluding hydrogens is 338 g/mol. The maximum Gasteiger partial charge on any atom is 0.276 e. The predicted molar refractivity (Wildman–Crippen MR) is 108 cm³/mol. The molecule has 0 saturated carbocycles. The number of likely N-dealkylation sites (tertiary alicyclic amines) is 2. The molecule has 2 fully saturated rings. The molecule has 2 aliphatic rings. The highest BCUT2D eigenvalue weighted by atomic mass is 16.2. The number of rotatable bonds is 6. The second-order valence-corrected chi connectivity index (χ2v) is 8.41. The molecule has 1 aromatic heterocycles. The van der Waals surface area contributed by atoms with Crippen molar-refractivity contribution in [1.82, 2.24) is 24.8 Å². The molecule has 3 heterocycles. The lowest BCUT2D eigenvalue weighted by molar-refractivity contribution is 0.0718. The van der Waals surface area contributed by atoms with Gasteiger partial charge >= 0.3 is 0 Å². The minimum absolute atomic E-state index is 0.0475. The lowest BCUT2D eigenvalue weighted by Crippen LogP contribution is -2.40. The third-order valence-electron chi connectivity index (χ3n) is 6.01. The normalized spacial score (nSPS) is 20.5. The highest BCUT2D eigenvalue weighted by Crippen LogP contribution is 2.24. The third kappa shape index (κ3) is 5.41. The van der Waals surface area contributed by atoms with Gasteiger partial charge in [-0.3, -0.25) is 4.79 Å². The molecule has 0 radical (unpaired) electrons.